The number of hydrogen-bond acceptors (Lipinski definition) is 3. The molecule has 1 saturated heterocycles. The molecule has 2 rings (SSSR count). The quantitative estimate of drug-likeness (QED) is 0.759. The number of nitrogens with one attached hydrogen (secondary N) is 2. The lowest BCUT2D eigenvalue weighted by Gasteiger charge is -2.22. The Bertz CT molecular complexity index is 528. The van der Waals surface area contributed by atoms with Crippen molar-refractivity contribution in [3.8, 4) is 0 Å². The van der Waals surface area contributed by atoms with Crippen molar-refractivity contribution in [1.29, 1.82) is 0 Å². The zero-order chi connectivity index (χ0) is 15.2. The zero-order valence-electron chi connectivity index (χ0n) is 11.7. The number of anilines is 1. The van der Waals surface area contributed by atoms with E-state index in [0.29, 0.717) is 22.5 Å². The van der Waals surface area contributed by atoms with Gasteiger partial charge in [0.25, 0.3) is 0 Å². The van der Waals surface area contributed by atoms with Crippen molar-refractivity contribution < 1.29 is 14.7 Å². The second-order valence-electron chi connectivity index (χ2n) is 5.28. The van der Waals surface area contributed by atoms with Gasteiger partial charge in [-0.3, -0.25) is 4.79 Å². The molecule has 1 amide bonds. The Morgan fingerprint density at radius 2 is 2.05 bits per heavy atom. The highest BCUT2D eigenvalue weighted by molar-refractivity contribution is 9.10. The summed E-state index contributed by atoms with van der Waals surface area (Å²) in [6.45, 7) is 2.05. The molecule has 5 nitrogen and oxygen atoms in total. The Morgan fingerprint density at radius 3 is 2.71 bits per heavy atom. The van der Waals surface area contributed by atoms with E-state index in [9.17, 15) is 9.59 Å². The van der Waals surface area contributed by atoms with Crippen molar-refractivity contribution in [1.82, 2.24) is 5.32 Å². The van der Waals surface area contributed by atoms with Gasteiger partial charge in [-0.2, -0.15) is 0 Å². The molecule has 1 aliphatic heterocycles. The summed E-state index contributed by atoms with van der Waals surface area (Å²) >= 11 is 3.32. The number of piperidine rings is 1. The molecular weight excluding hydrogens is 336 g/mol. The molecular formula is C15H19BrN2O3. The van der Waals surface area contributed by atoms with E-state index in [1.165, 1.54) is 12.1 Å². The first-order valence-corrected chi connectivity index (χ1v) is 7.89. The van der Waals surface area contributed by atoms with Crippen LogP contribution in [-0.2, 0) is 4.79 Å². The van der Waals surface area contributed by atoms with Gasteiger partial charge < -0.3 is 15.7 Å². The largest absolute Gasteiger partial charge is 0.478 e. The summed E-state index contributed by atoms with van der Waals surface area (Å²) in [5.74, 6) is -0.477. The Kier molecular flexibility index (Phi) is 5.76. The maximum atomic E-state index is 12.0. The van der Waals surface area contributed by atoms with Crippen LogP contribution in [-0.4, -0.2) is 30.1 Å². The predicted molar refractivity (Wildman–Crippen MR) is 84.6 cm³/mol. The van der Waals surface area contributed by atoms with Crippen molar-refractivity contribution in [2.45, 2.75) is 25.7 Å². The van der Waals surface area contributed by atoms with E-state index in [1.54, 1.807) is 6.07 Å². The van der Waals surface area contributed by atoms with Crippen LogP contribution in [0.15, 0.2) is 22.7 Å². The topological polar surface area (TPSA) is 78.4 Å². The summed E-state index contributed by atoms with van der Waals surface area (Å²) in [5, 5.41) is 15.1. The van der Waals surface area contributed by atoms with E-state index in [1.807, 2.05) is 0 Å². The van der Waals surface area contributed by atoms with Gasteiger partial charge in [0.15, 0.2) is 0 Å². The molecule has 0 aromatic heterocycles. The van der Waals surface area contributed by atoms with Gasteiger partial charge in [-0.15, -0.1) is 0 Å². The molecule has 21 heavy (non-hydrogen) atoms. The molecule has 0 saturated carbocycles. The SMILES string of the molecule is O=C(CCC1CCNCC1)Nc1cc(C(=O)O)ccc1Br. The minimum atomic E-state index is -1.01. The highest BCUT2D eigenvalue weighted by Crippen LogP contribution is 2.24. The summed E-state index contributed by atoms with van der Waals surface area (Å²) in [5.41, 5.74) is 0.664. The molecule has 3 N–H and O–H groups in total. The fourth-order valence-corrected chi connectivity index (χ4v) is 2.82. The number of aromatic carboxylic acids is 1. The second kappa shape index (κ2) is 7.56. The average Bonchev–Trinajstić information content (AvgIpc) is 2.48. The molecule has 1 heterocycles. The zero-order valence-corrected chi connectivity index (χ0v) is 13.3. The second-order valence-corrected chi connectivity index (χ2v) is 6.13. The Hall–Kier alpha value is -1.40. The molecule has 1 fully saturated rings. The fourth-order valence-electron chi connectivity index (χ4n) is 2.47. The van der Waals surface area contributed by atoms with Crippen molar-refractivity contribution in [2.75, 3.05) is 18.4 Å². The number of benzene rings is 1. The molecule has 1 aromatic carbocycles. The third-order valence-corrected chi connectivity index (χ3v) is 4.42. The van der Waals surface area contributed by atoms with E-state index in [0.717, 1.165) is 32.4 Å². The van der Waals surface area contributed by atoms with Crippen molar-refractivity contribution in [2.24, 2.45) is 5.92 Å². The molecule has 0 atom stereocenters. The van der Waals surface area contributed by atoms with Crippen molar-refractivity contribution in [3.05, 3.63) is 28.2 Å². The summed E-state index contributed by atoms with van der Waals surface area (Å²) < 4.78 is 0.683. The Labute approximate surface area is 132 Å². The van der Waals surface area contributed by atoms with Crippen LogP contribution >= 0.6 is 15.9 Å². The lowest BCUT2D eigenvalue weighted by atomic mass is 9.93. The van der Waals surface area contributed by atoms with E-state index < -0.39 is 5.97 Å². The minimum Gasteiger partial charge on any atom is -0.478 e. The number of carbonyl (C=O) groups is 2. The summed E-state index contributed by atoms with van der Waals surface area (Å²) in [6.07, 6.45) is 3.58. The molecule has 0 unspecified atom stereocenters. The van der Waals surface area contributed by atoms with Gasteiger partial charge in [0.05, 0.1) is 11.3 Å². The van der Waals surface area contributed by atoms with Gasteiger partial charge in [-0.1, -0.05) is 0 Å². The van der Waals surface area contributed by atoms with Gasteiger partial charge >= 0.3 is 5.97 Å². The maximum absolute atomic E-state index is 12.0. The standard InChI is InChI=1S/C15H19BrN2O3/c16-12-3-2-11(15(20)21)9-13(12)18-14(19)4-1-10-5-7-17-8-6-10/h2-3,9-10,17H,1,4-8H2,(H,18,19)(H,20,21). The first-order chi connectivity index (χ1) is 10.1. The minimum absolute atomic E-state index is 0.0724. The average molecular weight is 355 g/mol. The number of halogens is 1. The van der Waals surface area contributed by atoms with E-state index >= 15 is 0 Å². The maximum Gasteiger partial charge on any atom is 0.335 e. The van der Waals surface area contributed by atoms with Crippen LogP contribution in [0.3, 0.4) is 0 Å². The number of carboxylic acids is 1. The third-order valence-electron chi connectivity index (χ3n) is 3.73. The number of amides is 1. The van der Waals surface area contributed by atoms with Gasteiger partial charge in [-0.05, 0) is 72.4 Å². The number of carbonyl (C=O) groups excluding carboxylic acids is 1. The van der Waals surface area contributed by atoms with Crippen LogP contribution in [0.5, 0.6) is 0 Å². The van der Waals surface area contributed by atoms with Gasteiger partial charge in [0, 0.05) is 10.9 Å². The third kappa shape index (κ3) is 4.82. The number of carboxylic acid groups (broad SMARTS) is 1. The smallest absolute Gasteiger partial charge is 0.335 e. The van der Waals surface area contributed by atoms with Crippen molar-refractivity contribution >= 4 is 33.5 Å². The van der Waals surface area contributed by atoms with E-state index in [-0.39, 0.29) is 11.5 Å². The molecule has 0 radical (unpaired) electrons. The summed E-state index contributed by atoms with van der Waals surface area (Å²) in [7, 11) is 0. The lowest BCUT2D eigenvalue weighted by molar-refractivity contribution is -0.116. The molecule has 0 aliphatic carbocycles. The molecule has 0 bridgehead atoms. The van der Waals surface area contributed by atoms with Crippen LogP contribution in [0.2, 0.25) is 0 Å². The van der Waals surface area contributed by atoms with Crippen LogP contribution in [0.25, 0.3) is 0 Å². The normalized spacial score (nSPS) is 15.7. The van der Waals surface area contributed by atoms with Crippen LogP contribution in [0.1, 0.15) is 36.0 Å². The lowest BCUT2D eigenvalue weighted by Crippen LogP contribution is -2.28. The van der Waals surface area contributed by atoms with Crippen LogP contribution in [0, 0.1) is 5.92 Å². The fraction of sp³-hybridized carbons (Fsp3) is 0.467. The highest BCUT2D eigenvalue weighted by Gasteiger charge is 2.15. The number of rotatable bonds is 5. The Balaban J connectivity index is 1.89. The molecule has 1 aliphatic rings. The van der Waals surface area contributed by atoms with Crippen LogP contribution < -0.4 is 10.6 Å². The first kappa shape index (κ1) is 16.0. The molecule has 0 spiro atoms. The van der Waals surface area contributed by atoms with Gasteiger partial charge in [-0.25, -0.2) is 4.79 Å². The summed E-state index contributed by atoms with van der Waals surface area (Å²) in [4.78, 5) is 22.9. The van der Waals surface area contributed by atoms with Crippen molar-refractivity contribution in [3.63, 3.8) is 0 Å². The van der Waals surface area contributed by atoms with E-state index in [4.69, 9.17) is 5.11 Å². The monoisotopic (exact) mass is 354 g/mol. The predicted octanol–water partition coefficient (Wildman–Crippen LogP) is 2.87. The van der Waals surface area contributed by atoms with E-state index in [2.05, 4.69) is 26.6 Å². The first-order valence-electron chi connectivity index (χ1n) is 7.09. The highest BCUT2D eigenvalue weighted by atomic mass is 79.9. The number of hydrogen-bond donors (Lipinski definition) is 3. The summed E-state index contributed by atoms with van der Waals surface area (Å²) in [6, 6.07) is 4.60. The Morgan fingerprint density at radius 1 is 1.33 bits per heavy atom. The molecule has 6 heteroatoms. The molecule has 1 aromatic rings. The van der Waals surface area contributed by atoms with Gasteiger partial charge in [0.1, 0.15) is 0 Å². The van der Waals surface area contributed by atoms with Gasteiger partial charge in [0.2, 0.25) is 5.91 Å². The van der Waals surface area contributed by atoms with Crippen LogP contribution in [0.4, 0.5) is 5.69 Å². The molecule has 114 valence electrons.